The Morgan fingerprint density at radius 1 is 1.47 bits per heavy atom. The summed E-state index contributed by atoms with van der Waals surface area (Å²) in [5.74, 6) is 2.43. The van der Waals surface area contributed by atoms with Crippen LogP contribution in [0.25, 0.3) is 0 Å². The Morgan fingerprint density at radius 3 is 3.00 bits per heavy atom. The molecule has 2 rings (SSSR count). The molecular weight excluding hydrogens is 212 g/mol. The van der Waals surface area contributed by atoms with Gasteiger partial charge in [-0.25, -0.2) is 9.97 Å². The monoisotopic (exact) mass is 234 g/mol. The van der Waals surface area contributed by atoms with Gasteiger partial charge >= 0.3 is 0 Å². The van der Waals surface area contributed by atoms with Crippen LogP contribution >= 0.6 is 0 Å². The van der Waals surface area contributed by atoms with Gasteiger partial charge in [0, 0.05) is 31.3 Å². The van der Waals surface area contributed by atoms with Crippen LogP contribution in [0.15, 0.2) is 6.07 Å². The molecule has 17 heavy (non-hydrogen) atoms. The van der Waals surface area contributed by atoms with Crippen molar-refractivity contribution in [3.8, 4) is 0 Å². The van der Waals surface area contributed by atoms with E-state index in [0.29, 0.717) is 5.92 Å². The van der Waals surface area contributed by atoms with Crippen LogP contribution in [0.5, 0.6) is 0 Å². The Bertz CT molecular complexity index is 378. The molecule has 0 spiro atoms. The second-order valence-electron chi connectivity index (χ2n) is 4.74. The first-order valence-corrected chi connectivity index (χ1v) is 6.48. The number of aryl methyl sites for hydroxylation is 1. The van der Waals surface area contributed by atoms with Crippen molar-refractivity contribution in [2.45, 2.75) is 32.6 Å². The lowest BCUT2D eigenvalue weighted by atomic mass is 9.97. The predicted octanol–water partition coefficient (Wildman–Crippen LogP) is 2.03. The first kappa shape index (κ1) is 12.3. The summed E-state index contributed by atoms with van der Waals surface area (Å²) in [5.41, 5.74) is 1.05. The molecule has 4 heteroatoms. The van der Waals surface area contributed by atoms with Crippen LogP contribution in [0, 0.1) is 6.92 Å². The second kappa shape index (κ2) is 5.45. The summed E-state index contributed by atoms with van der Waals surface area (Å²) in [6.45, 7) is 7.70. The van der Waals surface area contributed by atoms with Crippen LogP contribution in [-0.4, -0.2) is 41.5 Å². The van der Waals surface area contributed by atoms with Gasteiger partial charge in [-0.1, -0.05) is 6.92 Å². The number of nitrogens with zero attached hydrogens (tertiary/aromatic N) is 3. The summed E-state index contributed by atoms with van der Waals surface area (Å²) in [6.07, 6.45) is 2.47. The highest BCUT2D eigenvalue weighted by atomic mass is 15.1. The number of piperidine rings is 1. The number of aromatic nitrogens is 2. The molecular formula is C13H22N4. The van der Waals surface area contributed by atoms with E-state index in [1.54, 1.807) is 0 Å². The normalized spacial score (nSPS) is 21.5. The fraction of sp³-hybridized carbons (Fsp3) is 0.692. The lowest BCUT2D eigenvalue weighted by Gasteiger charge is -2.31. The Hall–Kier alpha value is -1.16. The van der Waals surface area contributed by atoms with Crippen LogP contribution in [0.3, 0.4) is 0 Å². The first-order chi connectivity index (χ1) is 8.22. The average Bonchev–Trinajstić information content (AvgIpc) is 2.38. The highest BCUT2D eigenvalue weighted by Gasteiger charge is 2.22. The van der Waals surface area contributed by atoms with Gasteiger partial charge in [0.25, 0.3) is 0 Å². The number of rotatable bonds is 3. The SMILES string of the molecule is CCN1CCCC(c2nc(C)cc(NC)n2)C1. The van der Waals surface area contributed by atoms with E-state index in [9.17, 15) is 0 Å². The van der Waals surface area contributed by atoms with E-state index in [2.05, 4.69) is 27.1 Å². The lowest BCUT2D eigenvalue weighted by molar-refractivity contribution is 0.214. The van der Waals surface area contributed by atoms with Gasteiger partial charge in [-0.05, 0) is 32.9 Å². The third kappa shape index (κ3) is 2.94. The van der Waals surface area contributed by atoms with Crippen molar-refractivity contribution in [2.24, 2.45) is 0 Å². The van der Waals surface area contributed by atoms with Gasteiger partial charge in [-0.2, -0.15) is 0 Å². The van der Waals surface area contributed by atoms with E-state index in [0.717, 1.165) is 30.4 Å². The summed E-state index contributed by atoms with van der Waals surface area (Å²) < 4.78 is 0. The quantitative estimate of drug-likeness (QED) is 0.869. The molecule has 1 aromatic rings. The smallest absolute Gasteiger partial charge is 0.135 e. The van der Waals surface area contributed by atoms with Gasteiger partial charge in [-0.15, -0.1) is 0 Å². The topological polar surface area (TPSA) is 41.1 Å². The molecule has 1 aromatic heterocycles. The zero-order valence-corrected chi connectivity index (χ0v) is 11.0. The summed E-state index contributed by atoms with van der Waals surface area (Å²) in [6, 6.07) is 1.99. The van der Waals surface area contributed by atoms with Gasteiger partial charge in [0.2, 0.25) is 0 Å². The van der Waals surface area contributed by atoms with E-state index >= 15 is 0 Å². The molecule has 94 valence electrons. The van der Waals surface area contributed by atoms with Crippen LogP contribution in [0.4, 0.5) is 5.82 Å². The van der Waals surface area contributed by atoms with Gasteiger partial charge < -0.3 is 10.2 Å². The van der Waals surface area contributed by atoms with Crippen LogP contribution < -0.4 is 5.32 Å². The number of hydrogen-bond acceptors (Lipinski definition) is 4. The molecule has 1 saturated heterocycles. The highest BCUT2D eigenvalue weighted by Crippen LogP contribution is 2.25. The minimum absolute atomic E-state index is 0.496. The minimum atomic E-state index is 0.496. The Labute approximate surface area is 103 Å². The van der Waals surface area contributed by atoms with E-state index in [1.807, 2.05) is 20.0 Å². The van der Waals surface area contributed by atoms with Crippen molar-refractivity contribution in [2.75, 3.05) is 32.0 Å². The molecule has 1 atom stereocenters. The van der Waals surface area contributed by atoms with Crippen LogP contribution in [0.2, 0.25) is 0 Å². The molecule has 0 aliphatic carbocycles. The maximum atomic E-state index is 4.60. The van der Waals surface area contributed by atoms with Crippen molar-refractivity contribution in [3.63, 3.8) is 0 Å². The molecule has 1 fully saturated rings. The zero-order chi connectivity index (χ0) is 12.3. The average molecular weight is 234 g/mol. The molecule has 1 unspecified atom stereocenters. The first-order valence-electron chi connectivity index (χ1n) is 6.48. The molecule has 4 nitrogen and oxygen atoms in total. The molecule has 0 radical (unpaired) electrons. The summed E-state index contributed by atoms with van der Waals surface area (Å²) in [7, 11) is 1.91. The van der Waals surface area contributed by atoms with E-state index in [4.69, 9.17) is 0 Å². The highest BCUT2D eigenvalue weighted by molar-refractivity contribution is 5.35. The van der Waals surface area contributed by atoms with Crippen LogP contribution in [-0.2, 0) is 0 Å². The van der Waals surface area contributed by atoms with E-state index in [1.165, 1.54) is 19.4 Å². The van der Waals surface area contributed by atoms with E-state index < -0.39 is 0 Å². The summed E-state index contributed by atoms with van der Waals surface area (Å²) in [5, 5.41) is 3.11. The maximum absolute atomic E-state index is 4.60. The standard InChI is InChI=1S/C13H22N4/c1-4-17-7-5-6-11(9-17)13-15-10(2)8-12(14-3)16-13/h8,11H,4-7,9H2,1-3H3,(H,14,15,16). The molecule has 1 N–H and O–H groups in total. The maximum Gasteiger partial charge on any atom is 0.135 e. The Morgan fingerprint density at radius 2 is 2.29 bits per heavy atom. The lowest BCUT2D eigenvalue weighted by Crippen LogP contribution is -2.34. The molecule has 0 bridgehead atoms. The van der Waals surface area contributed by atoms with Crippen molar-refractivity contribution < 1.29 is 0 Å². The molecule has 0 amide bonds. The molecule has 2 heterocycles. The number of likely N-dealkylation sites (N-methyl/N-ethyl adjacent to an activating group) is 1. The fourth-order valence-corrected chi connectivity index (χ4v) is 2.46. The Kier molecular flexibility index (Phi) is 3.94. The number of hydrogen-bond donors (Lipinski definition) is 1. The zero-order valence-electron chi connectivity index (χ0n) is 11.0. The minimum Gasteiger partial charge on any atom is -0.373 e. The Balaban J connectivity index is 2.18. The van der Waals surface area contributed by atoms with Gasteiger partial charge in [0.1, 0.15) is 11.6 Å². The second-order valence-corrected chi connectivity index (χ2v) is 4.74. The molecule has 1 aliphatic heterocycles. The summed E-state index contributed by atoms with van der Waals surface area (Å²) >= 11 is 0. The van der Waals surface area contributed by atoms with Crippen molar-refractivity contribution >= 4 is 5.82 Å². The van der Waals surface area contributed by atoms with Crippen molar-refractivity contribution in [1.82, 2.24) is 14.9 Å². The number of anilines is 1. The van der Waals surface area contributed by atoms with Gasteiger partial charge in [-0.3, -0.25) is 0 Å². The molecule has 0 aromatic carbocycles. The largest absolute Gasteiger partial charge is 0.373 e. The van der Waals surface area contributed by atoms with Gasteiger partial charge in [0.15, 0.2) is 0 Å². The van der Waals surface area contributed by atoms with E-state index in [-0.39, 0.29) is 0 Å². The predicted molar refractivity (Wildman–Crippen MR) is 70.4 cm³/mol. The van der Waals surface area contributed by atoms with Gasteiger partial charge in [0.05, 0.1) is 0 Å². The third-order valence-electron chi connectivity index (χ3n) is 3.45. The third-order valence-corrected chi connectivity index (χ3v) is 3.45. The number of likely N-dealkylation sites (tertiary alicyclic amines) is 1. The molecule has 0 saturated carbocycles. The van der Waals surface area contributed by atoms with Crippen molar-refractivity contribution in [3.05, 3.63) is 17.6 Å². The van der Waals surface area contributed by atoms with Crippen molar-refractivity contribution in [1.29, 1.82) is 0 Å². The molecule has 1 aliphatic rings. The number of nitrogens with one attached hydrogen (secondary N) is 1. The summed E-state index contributed by atoms with van der Waals surface area (Å²) in [4.78, 5) is 11.7. The van der Waals surface area contributed by atoms with Crippen LogP contribution in [0.1, 0.15) is 37.2 Å². The fourth-order valence-electron chi connectivity index (χ4n) is 2.46.